The first-order valence-electron chi connectivity index (χ1n) is 4.98. The van der Waals surface area contributed by atoms with Crippen molar-refractivity contribution in [3.8, 4) is 0 Å². The minimum absolute atomic E-state index is 0.0134. The molecular formula is C12H11ClO3. The number of halogens is 1. The van der Waals surface area contributed by atoms with E-state index in [2.05, 4.69) is 0 Å². The Balaban J connectivity index is 2.45. The van der Waals surface area contributed by atoms with Crippen molar-refractivity contribution in [3.05, 3.63) is 35.0 Å². The van der Waals surface area contributed by atoms with Crippen molar-refractivity contribution in [2.24, 2.45) is 0 Å². The van der Waals surface area contributed by atoms with Gasteiger partial charge in [-0.05, 0) is 12.1 Å². The second kappa shape index (κ2) is 4.18. The van der Waals surface area contributed by atoms with Crippen molar-refractivity contribution in [1.29, 1.82) is 0 Å². The first-order valence-corrected chi connectivity index (χ1v) is 5.36. The summed E-state index contributed by atoms with van der Waals surface area (Å²) in [4.78, 5) is 10.6. The molecule has 2 aromatic rings. The largest absolute Gasteiger partial charge is 0.481 e. The molecule has 0 saturated carbocycles. The molecule has 0 spiro atoms. The lowest BCUT2D eigenvalue weighted by molar-refractivity contribution is -0.137. The number of hydrogen-bond donors (Lipinski definition) is 1. The first-order chi connectivity index (χ1) is 7.59. The van der Waals surface area contributed by atoms with Crippen molar-refractivity contribution < 1.29 is 14.3 Å². The van der Waals surface area contributed by atoms with Crippen LogP contribution >= 0.6 is 11.6 Å². The van der Waals surface area contributed by atoms with Crippen LogP contribution in [0.25, 0.3) is 11.0 Å². The predicted molar refractivity (Wildman–Crippen MR) is 61.9 cm³/mol. The van der Waals surface area contributed by atoms with E-state index >= 15 is 0 Å². The topological polar surface area (TPSA) is 50.4 Å². The van der Waals surface area contributed by atoms with Crippen LogP contribution in [0.5, 0.6) is 0 Å². The van der Waals surface area contributed by atoms with Gasteiger partial charge in [0.1, 0.15) is 11.3 Å². The molecule has 0 aliphatic rings. The second-order valence-electron chi connectivity index (χ2n) is 3.78. The maximum Gasteiger partial charge on any atom is 0.304 e. The van der Waals surface area contributed by atoms with Gasteiger partial charge in [0.05, 0.1) is 11.4 Å². The Bertz CT molecular complexity index is 530. The summed E-state index contributed by atoms with van der Waals surface area (Å²) in [5.74, 6) is -0.535. The Morgan fingerprint density at radius 2 is 2.19 bits per heavy atom. The number of furan rings is 1. The summed E-state index contributed by atoms with van der Waals surface area (Å²) in [5, 5.41) is 10.1. The van der Waals surface area contributed by atoms with E-state index in [4.69, 9.17) is 21.1 Å². The van der Waals surface area contributed by atoms with E-state index in [-0.39, 0.29) is 12.3 Å². The Morgan fingerprint density at radius 3 is 2.81 bits per heavy atom. The number of benzene rings is 1. The molecule has 16 heavy (non-hydrogen) atoms. The van der Waals surface area contributed by atoms with Crippen LogP contribution in [0.1, 0.15) is 25.0 Å². The minimum Gasteiger partial charge on any atom is -0.481 e. The fourth-order valence-electron chi connectivity index (χ4n) is 1.70. The third-order valence-electron chi connectivity index (χ3n) is 2.49. The van der Waals surface area contributed by atoms with E-state index in [0.717, 1.165) is 5.39 Å². The summed E-state index contributed by atoms with van der Waals surface area (Å²) in [5.41, 5.74) is 0.694. The quantitative estimate of drug-likeness (QED) is 0.888. The molecule has 1 atom stereocenters. The van der Waals surface area contributed by atoms with Gasteiger partial charge < -0.3 is 9.52 Å². The average molecular weight is 239 g/mol. The molecule has 0 saturated heterocycles. The molecule has 0 fully saturated rings. The number of carboxylic acids is 1. The van der Waals surface area contributed by atoms with Gasteiger partial charge in [-0.25, -0.2) is 0 Å². The van der Waals surface area contributed by atoms with Gasteiger partial charge in [0, 0.05) is 11.3 Å². The lowest BCUT2D eigenvalue weighted by Crippen LogP contribution is -2.02. The fraction of sp³-hybridized carbons (Fsp3) is 0.250. The third kappa shape index (κ3) is 1.91. The van der Waals surface area contributed by atoms with Gasteiger partial charge >= 0.3 is 5.97 Å². The maximum atomic E-state index is 10.6. The van der Waals surface area contributed by atoms with E-state index in [1.165, 1.54) is 0 Å². The number of hydrogen-bond acceptors (Lipinski definition) is 2. The molecule has 84 valence electrons. The van der Waals surface area contributed by atoms with Crippen LogP contribution in [0.4, 0.5) is 0 Å². The minimum atomic E-state index is -0.857. The van der Waals surface area contributed by atoms with E-state index in [0.29, 0.717) is 16.4 Å². The predicted octanol–water partition coefficient (Wildman–Crippen LogP) is 3.66. The van der Waals surface area contributed by atoms with Crippen LogP contribution in [-0.2, 0) is 4.79 Å². The molecular weight excluding hydrogens is 228 g/mol. The van der Waals surface area contributed by atoms with Gasteiger partial charge in [-0.2, -0.15) is 0 Å². The molecule has 0 aliphatic heterocycles. The number of carboxylic acid groups (broad SMARTS) is 1. The van der Waals surface area contributed by atoms with Crippen LogP contribution in [0.2, 0.25) is 5.02 Å². The molecule has 3 nitrogen and oxygen atoms in total. The summed E-state index contributed by atoms with van der Waals surface area (Å²) in [6.07, 6.45) is 0.0134. The number of fused-ring (bicyclic) bond motifs is 1. The van der Waals surface area contributed by atoms with Crippen LogP contribution < -0.4 is 0 Å². The SMILES string of the molecule is CC(CC(=O)O)c1oc2ccccc2c1Cl. The standard InChI is InChI=1S/C12H11ClO3/c1-7(6-10(14)15)12-11(13)8-4-2-3-5-9(8)16-12/h2-5,7H,6H2,1H3,(H,14,15). The highest BCUT2D eigenvalue weighted by Gasteiger charge is 2.19. The van der Waals surface area contributed by atoms with Gasteiger partial charge in [-0.1, -0.05) is 30.7 Å². The van der Waals surface area contributed by atoms with Crippen molar-refractivity contribution in [2.45, 2.75) is 19.3 Å². The van der Waals surface area contributed by atoms with Crippen LogP contribution in [0.3, 0.4) is 0 Å². The number of para-hydroxylation sites is 1. The maximum absolute atomic E-state index is 10.6. The molecule has 1 aromatic heterocycles. The molecule has 0 bridgehead atoms. The first kappa shape index (κ1) is 11.0. The lowest BCUT2D eigenvalue weighted by atomic mass is 10.0. The van der Waals surface area contributed by atoms with Gasteiger partial charge in [0.25, 0.3) is 0 Å². The van der Waals surface area contributed by atoms with E-state index in [1.807, 2.05) is 24.3 Å². The van der Waals surface area contributed by atoms with Crippen molar-refractivity contribution in [2.75, 3.05) is 0 Å². The monoisotopic (exact) mass is 238 g/mol. The fourth-order valence-corrected chi connectivity index (χ4v) is 2.09. The number of carbonyl (C=O) groups is 1. The molecule has 0 amide bonds. The van der Waals surface area contributed by atoms with E-state index in [1.54, 1.807) is 6.92 Å². The lowest BCUT2D eigenvalue weighted by Gasteiger charge is -2.04. The highest BCUT2D eigenvalue weighted by molar-refractivity contribution is 6.36. The molecule has 1 unspecified atom stereocenters. The van der Waals surface area contributed by atoms with E-state index in [9.17, 15) is 4.79 Å². The van der Waals surface area contributed by atoms with E-state index < -0.39 is 5.97 Å². The van der Waals surface area contributed by atoms with Crippen LogP contribution in [-0.4, -0.2) is 11.1 Å². The van der Waals surface area contributed by atoms with Gasteiger partial charge in [0.15, 0.2) is 0 Å². The summed E-state index contributed by atoms with van der Waals surface area (Å²) in [6.45, 7) is 1.79. The molecule has 1 N–H and O–H groups in total. The smallest absolute Gasteiger partial charge is 0.304 e. The average Bonchev–Trinajstić information content (AvgIpc) is 2.56. The Labute approximate surface area is 97.6 Å². The Morgan fingerprint density at radius 1 is 1.50 bits per heavy atom. The van der Waals surface area contributed by atoms with Gasteiger partial charge in [-0.15, -0.1) is 0 Å². The zero-order valence-corrected chi connectivity index (χ0v) is 9.49. The summed E-state index contributed by atoms with van der Waals surface area (Å²) in [7, 11) is 0. The van der Waals surface area contributed by atoms with Crippen molar-refractivity contribution in [3.63, 3.8) is 0 Å². The zero-order chi connectivity index (χ0) is 11.7. The molecule has 2 rings (SSSR count). The van der Waals surface area contributed by atoms with Crippen molar-refractivity contribution >= 4 is 28.5 Å². The van der Waals surface area contributed by atoms with Gasteiger partial charge in [-0.3, -0.25) is 4.79 Å². The molecule has 0 radical (unpaired) electrons. The van der Waals surface area contributed by atoms with Gasteiger partial charge in [0.2, 0.25) is 0 Å². The molecule has 1 aromatic carbocycles. The second-order valence-corrected chi connectivity index (χ2v) is 4.15. The number of aliphatic carboxylic acids is 1. The molecule has 1 heterocycles. The summed E-state index contributed by atoms with van der Waals surface area (Å²) in [6, 6.07) is 7.40. The highest BCUT2D eigenvalue weighted by atomic mass is 35.5. The Kier molecular flexibility index (Phi) is 2.88. The normalized spacial score (nSPS) is 12.9. The highest BCUT2D eigenvalue weighted by Crippen LogP contribution is 2.35. The van der Waals surface area contributed by atoms with Crippen LogP contribution in [0.15, 0.2) is 28.7 Å². The third-order valence-corrected chi connectivity index (χ3v) is 2.88. The Hall–Kier alpha value is -1.48. The molecule has 0 aliphatic carbocycles. The van der Waals surface area contributed by atoms with Crippen molar-refractivity contribution in [1.82, 2.24) is 0 Å². The summed E-state index contributed by atoms with van der Waals surface area (Å²) >= 11 is 6.15. The number of rotatable bonds is 3. The molecule has 4 heteroatoms. The summed E-state index contributed by atoms with van der Waals surface area (Å²) < 4.78 is 5.57. The zero-order valence-electron chi connectivity index (χ0n) is 8.74. The van der Waals surface area contributed by atoms with Crippen LogP contribution in [0, 0.1) is 0 Å².